The van der Waals surface area contributed by atoms with Gasteiger partial charge in [-0.2, -0.15) is 0 Å². The molecular formula is C11H8BrClN4O. The Balaban J connectivity index is 2.18. The number of amides is 1. The van der Waals surface area contributed by atoms with E-state index >= 15 is 0 Å². The summed E-state index contributed by atoms with van der Waals surface area (Å²) in [7, 11) is 0. The van der Waals surface area contributed by atoms with Gasteiger partial charge in [0, 0.05) is 0 Å². The van der Waals surface area contributed by atoms with Crippen molar-refractivity contribution in [3.05, 3.63) is 45.7 Å². The molecule has 0 bridgehead atoms. The summed E-state index contributed by atoms with van der Waals surface area (Å²) in [6.07, 6.45) is 2.64. The fraction of sp³-hybridized carbons (Fsp3) is 0.0909. The predicted octanol–water partition coefficient (Wildman–Crippen LogP) is 2.85. The van der Waals surface area contributed by atoms with Gasteiger partial charge in [0.1, 0.15) is 15.5 Å². The van der Waals surface area contributed by atoms with Crippen LogP contribution in [0.25, 0.3) is 0 Å². The van der Waals surface area contributed by atoms with Crippen molar-refractivity contribution in [2.45, 2.75) is 6.92 Å². The van der Waals surface area contributed by atoms with Crippen LogP contribution in [-0.4, -0.2) is 20.9 Å². The van der Waals surface area contributed by atoms with E-state index in [1.807, 2.05) is 0 Å². The molecule has 1 N–H and O–H groups in total. The molecule has 0 aromatic carbocycles. The first-order chi connectivity index (χ1) is 8.56. The van der Waals surface area contributed by atoms with Crippen molar-refractivity contribution in [2.75, 3.05) is 5.32 Å². The molecule has 0 atom stereocenters. The Morgan fingerprint density at radius 1 is 1.33 bits per heavy atom. The van der Waals surface area contributed by atoms with E-state index in [4.69, 9.17) is 11.6 Å². The van der Waals surface area contributed by atoms with Crippen LogP contribution < -0.4 is 5.32 Å². The number of carbonyl (C=O) groups excluding carboxylic acids is 1. The highest BCUT2D eigenvalue weighted by Gasteiger charge is 2.10. The summed E-state index contributed by atoms with van der Waals surface area (Å²) in [5.41, 5.74) is 1.53. The Morgan fingerprint density at radius 3 is 2.72 bits per heavy atom. The number of hydrogen-bond acceptors (Lipinski definition) is 4. The van der Waals surface area contributed by atoms with Gasteiger partial charge in [0.15, 0.2) is 0 Å². The number of rotatable bonds is 2. The molecule has 7 heteroatoms. The summed E-state index contributed by atoms with van der Waals surface area (Å²) in [5, 5.41) is 2.95. The third kappa shape index (κ3) is 3.02. The largest absolute Gasteiger partial charge is 0.319 e. The molecule has 0 saturated carbocycles. The normalized spacial score (nSPS) is 10.2. The smallest absolute Gasteiger partial charge is 0.275 e. The monoisotopic (exact) mass is 326 g/mol. The van der Waals surface area contributed by atoms with Gasteiger partial charge in [-0.15, -0.1) is 0 Å². The van der Waals surface area contributed by atoms with E-state index in [0.29, 0.717) is 16.0 Å². The van der Waals surface area contributed by atoms with Crippen LogP contribution in [0, 0.1) is 6.92 Å². The summed E-state index contributed by atoms with van der Waals surface area (Å²) in [6, 6.07) is 3.50. The van der Waals surface area contributed by atoms with Crippen molar-refractivity contribution >= 4 is 39.1 Å². The summed E-state index contributed by atoms with van der Waals surface area (Å²) in [5.74, 6) is -0.355. The van der Waals surface area contributed by atoms with E-state index in [1.54, 1.807) is 19.1 Å². The summed E-state index contributed by atoms with van der Waals surface area (Å²) >= 11 is 8.85. The topological polar surface area (TPSA) is 67.8 Å². The second-order valence-electron chi connectivity index (χ2n) is 3.45. The van der Waals surface area contributed by atoms with E-state index in [-0.39, 0.29) is 16.8 Å². The fourth-order valence-corrected chi connectivity index (χ4v) is 1.77. The molecule has 0 spiro atoms. The number of pyridine rings is 1. The fourth-order valence-electron chi connectivity index (χ4n) is 1.28. The summed E-state index contributed by atoms with van der Waals surface area (Å²) in [6.45, 7) is 1.80. The van der Waals surface area contributed by atoms with E-state index in [1.165, 1.54) is 12.4 Å². The van der Waals surface area contributed by atoms with Crippen LogP contribution >= 0.6 is 27.5 Å². The number of halogens is 2. The lowest BCUT2D eigenvalue weighted by atomic mass is 10.3. The molecular weight excluding hydrogens is 320 g/mol. The van der Waals surface area contributed by atoms with E-state index in [9.17, 15) is 4.79 Å². The highest BCUT2D eigenvalue weighted by molar-refractivity contribution is 9.10. The van der Waals surface area contributed by atoms with Crippen molar-refractivity contribution in [2.24, 2.45) is 0 Å². The van der Waals surface area contributed by atoms with Crippen LogP contribution in [0.3, 0.4) is 0 Å². The lowest BCUT2D eigenvalue weighted by Crippen LogP contribution is -2.15. The molecule has 92 valence electrons. The SMILES string of the molecule is Cc1nc(Br)ccc1NC(=O)c1cnc(Cl)cn1. The number of carbonyl (C=O) groups is 1. The molecule has 0 saturated heterocycles. The zero-order chi connectivity index (χ0) is 13.1. The molecule has 2 heterocycles. The molecule has 0 aliphatic carbocycles. The lowest BCUT2D eigenvalue weighted by Gasteiger charge is -2.07. The number of nitrogens with zero attached hydrogens (tertiary/aromatic N) is 3. The first-order valence-electron chi connectivity index (χ1n) is 4.98. The van der Waals surface area contributed by atoms with Crippen LogP contribution in [0.15, 0.2) is 29.1 Å². The Labute approximate surface area is 117 Å². The third-order valence-electron chi connectivity index (χ3n) is 2.15. The first kappa shape index (κ1) is 12.9. The number of anilines is 1. The Kier molecular flexibility index (Phi) is 3.88. The molecule has 1 amide bonds. The minimum absolute atomic E-state index is 0.196. The molecule has 0 radical (unpaired) electrons. The first-order valence-corrected chi connectivity index (χ1v) is 6.15. The second kappa shape index (κ2) is 5.41. The van der Waals surface area contributed by atoms with E-state index in [2.05, 4.69) is 36.2 Å². The average Bonchev–Trinajstić information content (AvgIpc) is 2.33. The Hall–Kier alpha value is -1.53. The average molecular weight is 328 g/mol. The summed E-state index contributed by atoms with van der Waals surface area (Å²) < 4.78 is 0.712. The predicted molar refractivity (Wildman–Crippen MR) is 71.7 cm³/mol. The molecule has 0 unspecified atom stereocenters. The minimum atomic E-state index is -0.355. The van der Waals surface area contributed by atoms with Crippen LogP contribution in [-0.2, 0) is 0 Å². The zero-order valence-corrected chi connectivity index (χ0v) is 11.7. The van der Waals surface area contributed by atoms with Crippen molar-refractivity contribution in [1.29, 1.82) is 0 Å². The Morgan fingerprint density at radius 2 is 2.11 bits per heavy atom. The van der Waals surface area contributed by atoms with Crippen molar-refractivity contribution in [3.8, 4) is 0 Å². The van der Waals surface area contributed by atoms with Gasteiger partial charge >= 0.3 is 0 Å². The minimum Gasteiger partial charge on any atom is -0.319 e. The molecule has 5 nitrogen and oxygen atoms in total. The summed E-state index contributed by atoms with van der Waals surface area (Å²) in [4.78, 5) is 23.7. The number of aromatic nitrogens is 3. The lowest BCUT2D eigenvalue weighted by molar-refractivity contribution is 0.102. The maximum atomic E-state index is 11.9. The van der Waals surface area contributed by atoms with Crippen molar-refractivity contribution in [3.63, 3.8) is 0 Å². The highest BCUT2D eigenvalue weighted by atomic mass is 79.9. The van der Waals surface area contributed by atoms with Crippen molar-refractivity contribution in [1.82, 2.24) is 15.0 Å². The van der Waals surface area contributed by atoms with Crippen molar-refractivity contribution < 1.29 is 4.79 Å². The van der Waals surface area contributed by atoms with Gasteiger partial charge in [-0.1, -0.05) is 11.6 Å². The maximum absolute atomic E-state index is 11.9. The molecule has 0 fully saturated rings. The number of hydrogen-bond donors (Lipinski definition) is 1. The van der Waals surface area contributed by atoms with Gasteiger partial charge in [-0.05, 0) is 35.0 Å². The molecule has 2 rings (SSSR count). The van der Waals surface area contributed by atoms with Gasteiger partial charge in [0.25, 0.3) is 5.91 Å². The maximum Gasteiger partial charge on any atom is 0.275 e. The highest BCUT2D eigenvalue weighted by Crippen LogP contribution is 2.16. The molecule has 2 aromatic heterocycles. The van der Waals surface area contributed by atoms with Gasteiger partial charge in [-0.25, -0.2) is 15.0 Å². The molecule has 2 aromatic rings. The van der Waals surface area contributed by atoms with Gasteiger partial charge in [0.2, 0.25) is 0 Å². The van der Waals surface area contributed by atoms with Crippen LogP contribution in [0.5, 0.6) is 0 Å². The number of nitrogens with one attached hydrogen (secondary N) is 1. The van der Waals surface area contributed by atoms with Crippen LogP contribution in [0.4, 0.5) is 5.69 Å². The third-order valence-corrected chi connectivity index (χ3v) is 2.79. The zero-order valence-electron chi connectivity index (χ0n) is 9.32. The molecule has 18 heavy (non-hydrogen) atoms. The van der Waals surface area contributed by atoms with Gasteiger partial charge < -0.3 is 5.32 Å². The molecule has 0 aliphatic heterocycles. The standard InChI is InChI=1S/C11H8BrClN4O/c1-6-7(2-3-9(12)16-6)17-11(18)8-4-15-10(13)5-14-8/h2-5H,1H3,(H,17,18). The van der Waals surface area contributed by atoms with Crippen LogP contribution in [0.2, 0.25) is 5.15 Å². The molecule has 0 aliphatic rings. The second-order valence-corrected chi connectivity index (χ2v) is 4.65. The van der Waals surface area contributed by atoms with E-state index in [0.717, 1.165) is 0 Å². The van der Waals surface area contributed by atoms with Gasteiger partial charge in [-0.3, -0.25) is 4.79 Å². The Bertz CT molecular complexity index is 588. The van der Waals surface area contributed by atoms with E-state index < -0.39 is 0 Å². The quantitative estimate of drug-likeness (QED) is 0.861. The van der Waals surface area contributed by atoms with Crippen LogP contribution in [0.1, 0.15) is 16.2 Å². The van der Waals surface area contributed by atoms with Gasteiger partial charge in [0.05, 0.1) is 23.8 Å². The number of aryl methyl sites for hydroxylation is 1.